The monoisotopic (exact) mass is 259 g/mol. The summed E-state index contributed by atoms with van der Waals surface area (Å²) in [6.45, 7) is 0.188. The van der Waals surface area contributed by atoms with Crippen LogP contribution >= 0.6 is 0 Å². The van der Waals surface area contributed by atoms with Crippen LogP contribution in [0, 0.1) is 17.1 Å². The van der Waals surface area contributed by atoms with Crippen molar-refractivity contribution in [2.75, 3.05) is 5.32 Å². The highest BCUT2D eigenvalue weighted by atomic mass is 19.1. The minimum absolute atomic E-state index is 0.0407. The van der Waals surface area contributed by atoms with Crippen molar-refractivity contribution in [1.82, 2.24) is 0 Å². The van der Waals surface area contributed by atoms with Gasteiger partial charge in [-0.1, -0.05) is 0 Å². The van der Waals surface area contributed by atoms with Crippen LogP contribution in [0.15, 0.2) is 34.7 Å². The van der Waals surface area contributed by atoms with Crippen LogP contribution < -0.4 is 11.1 Å². The van der Waals surface area contributed by atoms with Gasteiger partial charge in [-0.25, -0.2) is 4.39 Å². The summed E-state index contributed by atoms with van der Waals surface area (Å²) < 4.78 is 18.1. The molecule has 0 atom stereocenters. The number of furan rings is 1. The maximum Gasteiger partial charge on any atom is 0.291 e. The number of nitrogens with one attached hydrogen (secondary N) is 1. The maximum atomic E-state index is 12.9. The second kappa shape index (κ2) is 5.33. The molecule has 0 unspecified atom stereocenters. The Morgan fingerprint density at radius 1 is 1.42 bits per heavy atom. The maximum absolute atomic E-state index is 12.9. The van der Waals surface area contributed by atoms with Gasteiger partial charge in [0.05, 0.1) is 17.8 Å². The Balaban J connectivity index is 2.22. The number of rotatable bonds is 3. The topological polar surface area (TPSA) is 92.0 Å². The molecule has 0 fully saturated rings. The average molecular weight is 259 g/mol. The third kappa shape index (κ3) is 2.78. The molecule has 0 aliphatic rings. The molecule has 0 saturated heterocycles. The lowest BCUT2D eigenvalue weighted by Crippen LogP contribution is -2.12. The van der Waals surface area contributed by atoms with Crippen molar-refractivity contribution >= 4 is 11.6 Å². The van der Waals surface area contributed by atoms with Crippen LogP contribution in [0.2, 0.25) is 0 Å². The van der Waals surface area contributed by atoms with E-state index in [1.165, 1.54) is 12.1 Å². The molecule has 3 N–H and O–H groups in total. The number of nitrogens with zero attached hydrogens (tertiary/aromatic N) is 1. The molecular formula is C13H10FN3O2. The highest BCUT2D eigenvalue weighted by Crippen LogP contribution is 2.17. The Labute approximate surface area is 108 Å². The zero-order valence-corrected chi connectivity index (χ0v) is 9.81. The average Bonchev–Trinajstić information content (AvgIpc) is 2.89. The van der Waals surface area contributed by atoms with Crippen LogP contribution in [-0.4, -0.2) is 5.91 Å². The summed E-state index contributed by atoms with van der Waals surface area (Å²) in [5, 5.41) is 11.3. The predicted octanol–water partition coefficient (Wildman–Crippen LogP) is 2.00. The number of benzene rings is 1. The number of carbonyl (C=O) groups is 1. The Bertz CT molecular complexity index is 658. The van der Waals surface area contributed by atoms with Crippen molar-refractivity contribution in [2.24, 2.45) is 5.73 Å². The van der Waals surface area contributed by atoms with E-state index in [4.69, 9.17) is 15.4 Å². The zero-order valence-electron chi connectivity index (χ0n) is 9.81. The summed E-state index contributed by atoms with van der Waals surface area (Å²) in [4.78, 5) is 11.8. The summed E-state index contributed by atoms with van der Waals surface area (Å²) in [6.07, 6.45) is 0. The number of hydrogen-bond acceptors (Lipinski definition) is 4. The molecule has 1 heterocycles. The van der Waals surface area contributed by atoms with Gasteiger partial charge in [-0.2, -0.15) is 5.26 Å². The Morgan fingerprint density at radius 3 is 2.84 bits per heavy atom. The van der Waals surface area contributed by atoms with E-state index in [-0.39, 0.29) is 23.6 Å². The van der Waals surface area contributed by atoms with Crippen LogP contribution in [0.25, 0.3) is 0 Å². The number of halogens is 1. The second-order valence-corrected chi connectivity index (χ2v) is 3.73. The molecule has 2 aromatic rings. The van der Waals surface area contributed by atoms with Gasteiger partial charge in [-0.3, -0.25) is 4.79 Å². The van der Waals surface area contributed by atoms with E-state index in [1.54, 1.807) is 12.1 Å². The van der Waals surface area contributed by atoms with Gasteiger partial charge < -0.3 is 15.5 Å². The molecule has 19 heavy (non-hydrogen) atoms. The SMILES string of the molecule is N#Cc1cc(F)ccc1NC(=O)c1ccc(CN)o1. The lowest BCUT2D eigenvalue weighted by molar-refractivity contribution is 0.0995. The van der Waals surface area contributed by atoms with Crippen LogP contribution in [0.5, 0.6) is 0 Å². The van der Waals surface area contributed by atoms with Gasteiger partial charge in [0, 0.05) is 0 Å². The molecule has 5 nitrogen and oxygen atoms in total. The first-order valence-electron chi connectivity index (χ1n) is 5.44. The van der Waals surface area contributed by atoms with Crippen molar-refractivity contribution in [3.05, 3.63) is 53.2 Å². The fourth-order valence-electron chi connectivity index (χ4n) is 1.51. The largest absolute Gasteiger partial charge is 0.455 e. The number of carbonyl (C=O) groups excluding carboxylic acids is 1. The molecule has 0 saturated carbocycles. The zero-order chi connectivity index (χ0) is 13.8. The predicted molar refractivity (Wildman–Crippen MR) is 65.7 cm³/mol. The molecule has 2 rings (SSSR count). The Kier molecular flexibility index (Phi) is 3.59. The van der Waals surface area contributed by atoms with Crippen LogP contribution in [0.4, 0.5) is 10.1 Å². The standard InChI is InChI=1S/C13H10FN3O2/c14-9-1-3-11(8(5-9)6-15)17-13(18)12-4-2-10(7-16)19-12/h1-5H,7,16H2,(H,17,18). The summed E-state index contributed by atoms with van der Waals surface area (Å²) in [7, 11) is 0. The normalized spacial score (nSPS) is 9.95. The smallest absolute Gasteiger partial charge is 0.291 e. The molecule has 1 amide bonds. The van der Waals surface area contributed by atoms with Crippen molar-refractivity contribution in [2.45, 2.75) is 6.54 Å². The molecular weight excluding hydrogens is 249 g/mol. The lowest BCUT2D eigenvalue weighted by Gasteiger charge is -2.05. The first-order chi connectivity index (χ1) is 9.13. The molecule has 0 aliphatic heterocycles. The van der Waals surface area contributed by atoms with Crippen LogP contribution in [-0.2, 0) is 6.54 Å². The number of nitriles is 1. The molecule has 96 valence electrons. The van der Waals surface area contributed by atoms with E-state index < -0.39 is 11.7 Å². The molecule has 0 bridgehead atoms. The third-order valence-electron chi connectivity index (χ3n) is 2.44. The summed E-state index contributed by atoms with van der Waals surface area (Å²) in [5.41, 5.74) is 5.63. The van der Waals surface area contributed by atoms with Gasteiger partial charge in [0.25, 0.3) is 5.91 Å². The van der Waals surface area contributed by atoms with E-state index in [0.29, 0.717) is 5.76 Å². The van der Waals surface area contributed by atoms with Gasteiger partial charge >= 0.3 is 0 Å². The quantitative estimate of drug-likeness (QED) is 0.881. The summed E-state index contributed by atoms with van der Waals surface area (Å²) in [5.74, 6) is -0.515. The molecule has 0 spiro atoms. The number of amides is 1. The van der Waals surface area contributed by atoms with E-state index in [9.17, 15) is 9.18 Å². The van der Waals surface area contributed by atoms with E-state index >= 15 is 0 Å². The second-order valence-electron chi connectivity index (χ2n) is 3.73. The Morgan fingerprint density at radius 2 is 2.21 bits per heavy atom. The Hall–Kier alpha value is -2.65. The summed E-state index contributed by atoms with van der Waals surface area (Å²) >= 11 is 0. The number of nitrogens with two attached hydrogens (primary N) is 1. The highest BCUT2D eigenvalue weighted by molar-refractivity contribution is 6.03. The van der Waals surface area contributed by atoms with Crippen molar-refractivity contribution in [3.8, 4) is 6.07 Å². The van der Waals surface area contributed by atoms with Crippen LogP contribution in [0.3, 0.4) is 0 Å². The molecule has 1 aromatic carbocycles. The fourth-order valence-corrected chi connectivity index (χ4v) is 1.51. The van der Waals surface area contributed by atoms with Gasteiger partial charge in [0.15, 0.2) is 5.76 Å². The number of hydrogen-bond donors (Lipinski definition) is 2. The minimum Gasteiger partial charge on any atom is -0.455 e. The van der Waals surface area contributed by atoms with E-state index in [0.717, 1.165) is 12.1 Å². The molecule has 0 radical (unpaired) electrons. The molecule has 6 heteroatoms. The molecule has 0 aliphatic carbocycles. The van der Waals surface area contributed by atoms with Crippen molar-refractivity contribution in [1.29, 1.82) is 5.26 Å². The first kappa shape index (κ1) is 12.8. The highest BCUT2D eigenvalue weighted by Gasteiger charge is 2.13. The van der Waals surface area contributed by atoms with Gasteiger partial charge in [0.2, 0.25) is 0 Å². The van der Waals surface area contributed by atoms with Crippen molar-refractivity contribution in [3.63, 3.8) is 0 Å². The van der Waals surface area contributed by atoms with Gasteiger partial charge in [0.1, 0.15) is 17.6 Å². The van der Waals surface area contributed by atoms with Crippen molar-refractivity contribution < 1.29 is 13.6 Å². The minimum atomic E-state index is -0.544. The van der Waals surface area contributed by atoms with E-state index in [2.05, 4.69) is 5.32 Å². The lowest BCUT2D eigenvalue weighted by atomic mass is 10.2. The van der Waals surface area contributed by atoms with Crippen LogP contribution in [0.1, 0.15) is 21.9 Å². The fraction of sp³-hybridized carbons (Fsp3) is 0.0769. The van der Waals surface area contributed by atoms with E-state index in [1.807, 2.05) is 0 Å². The number of anilines is 1. The van der Waals surface area contributed by atoms with Gasteiger partial charge in [-0.05, 0) is 30.3 Å². The molecule has 1 aromatic heterocycles. The summed E-state index contributed by atoms with van der Waals surface area (Å²) in [6, 6.07) is 8.39. The third-order valence-corrected chi connectivity index (χ3v) is 2.44. The van der Waals surface area contributed by atoms with Gasteiger partial charge in [-0.15, -0.1) is 0 Å². The first-order valence-corrected chi connectivity index (χ1v) is 5.44.